The predicted molar refractivity (Wildman–Crippen MR) is 128 cm³/mol. The number of aliphatic hydroxyl groups is 1. The number of alkyl halides is 3. The first-order valence-electron chi connectivity index (χ1n) is 11.5. The molecule has 1 aromatic heterocycles. The lowest BCUT2D eigenvalue weighted by atomic mass is 9.91. The van der Waals surface area contributed by atoms with Crippen LogP contribution < -0.4 is 4.74 Å². The number of carbonyl (C=O) groups excluding carboxylic acids is 1. The van der Waals surface area contributed by atoms with E-state index >= 15 is 0 Å². The van der Waals surface area contributed by atoms with Gasteiger partial charge in [-0.3, -0.25) is 4.79 Å². The minimum absolute atomic E-state index is 0.0842. The van der Waals surface area contributed by atoms with Crippen molar-refractivity contribution in [2.24, 2.45) is 5.92 Å². The second-order valence-electron chi connectivity index (χ2n) is 9.14. The molecule has 2 aliphatic heterocycles. The molecule has 3 heterocycles. The van der Waals surface area contributed by atoms with E-state index in [2.05, 4.69) is 4.74 Å². The Morgan fingerprint density at radius 1 is 1.14 bits per heavy atom. The first kappa shape index (κ1) is 25.2. The first-order valence-corrected chi connectivity index (χ1v) is 12.3. The van der Waals surface area contributed by atoms with Gasteiger partial charge >= 0.3 is 6.36 Å². The van der Waals surface area contributed by atoms with Crippen molar-refractivity contribution in [2.45, 2.75) is 44.6 Å². The van der Waals surface area contributed by atoms with Crippen LogP contribution in [-0.2, 0) is 11.3 Å². The number of benzene rings is 2. The zero-order valence-corrected chi connectivity index (χ0v) is 20.5. The summed E-state index contributed by atoms with van der Waals surface area (Å²) in [6.07, 6.45) is -1.34. The Morgan fingerprint density at radius 3 is 2.53 bits per heavy atom. The summed E-state index contributed by atoms with van der Waals surface area (Å²) in [5.74, 6) is -0.0806. The number of ether oxygens (including phenoxy) is 2. The molecule has 2 aromatic carbocycles. The minimum Gasteiger partial charge on any atom is -0.406 e. The number of piperidine rings is 1. The average molecular weight is 543 g/mol. The molecule has 192 valence electrons. The number of aromatic nitrogens is 1. The quantitative estimate of drug-likeness (QED) is 0.396. The van der Waals surface area contributed by atoms with E-state index in [0.717, 1.165) is 19.3 Å². The molecule has 0 radical (unpaired) electrons. The Kier molecular flexibility index (Phi) is 6.84. The molecule has 0 spiro atoms. The molecule has 2 saturated heterocycles. The van der Waals surface area contributed by atoms with Gasteiger partial charge in [-0.2, -0.15) is 0 Å². The third-order valence-corrected chi connectivity index (χ3v) is 7.53. The van der Waals surface area contributed by atoms with Crippen LogP contribution in [0.4, 0.5) is 13.2 Å². The minimum atomic E-state index is -4.77. The maximum Gasteiger partial charge on any atom is 0.573 e. The number of fused-ring (bicyclic) bond motifs is 1. The summed E-state index contributed by atoms with van der Waals surface area (Å²) in [7, 11) is 0. The summed E-state index contributed by atoms with van der Waals surface area (Å²) < 4.78 is 48.5. The van der Waals surface area contributed by atoms with Crippen LogP contribution in [0, 0.1) is 5.92 Å². The molecule has 36 heavy (non-hydrogen) atoms. The number of hydrogen-bond donors (Lipinski definition) is 1. The fraction of sp³-hybridized carbons (Fsp3) is 0.400. The zero-order chi connectivity index (χ0) is 25.6. The highest BCUT2D eigenvalue weighted by Gasteiger charge is 2.39. The largest absolute Gasteiger partial charge is 0.573 e. The number of halogens is 5. The lowest BCUT2D eigenvalue weighted by Crippen LogP contribution is -2.39. The van der Waals surface area contributed by atoms with Gasteiger partial charge in [0.15, 0.2) is 6.29 Å². The molecule has 11 heteroatoms. The van der Waals surface area contributed by atoms with Crippen LogP contribution in [0.3, 0.4) is 0 Å². The second-order valence-corrected chi connectivity index (χ2v) is 9.92. The summed E-state index contributed by atoms with van der Waals surface area (Å²) in [5, 5.41) is 10.6. The van der Waals surface area contributed by atoms with Crippen molar-refractivity contribution in [2.75, 3.05) is 13.1 Å². The maximum absolute atomic E-state index is 13.3. The lowest BCUT2D eigenvalue weighted by Gasteiger charge is -2.32. The van der Waals surface area contributed by atoms with Crippen LogP contribution in [0.25, 0.3) is 10.9 Å². The molecule has 2 aliphatic rings. The van der Waals surface area contributed by atoms with Crippen LogP contribution in [0.2, 0.25) is 10.0 Å². The molecule has 2 fully saturated rings. The number of epoxide rings is 1. The number of carbonyl (C=O) groups is 1. The SMILES string of the molecule is O=C(c1ccc(Cl)c(Cn2ccc3cc(OC(F)(F)F)ccc32)c1Cl)N1CCC(CC2OC2O)CC1. The highest BCUT2D eigenvalue weighted by molar-refractivity contribution is 6.38. The van der Waals surface area contributed by atoms with E-state index in [1.807, 2.05) is 0 Å². The molecular formula is C25H23Cl2F3N2O4. The summed E-state index contributed by atoms with van der Waals surface area (Å²) in [6, 6.07) is 9.01. The third-order valence-electron chi connectivity index (χ3n) is 6.74. The van der Waals surface area contributed by atoms with E-state index in [1.54, 1.807) is 33.9 Å². The van der Waals surface area contributed by atoms with Crippen LogP contribution >= 0.6 is 23.2 Å². The van der Waals surface area contributed by atoms with Crippen molar-refractivity contribution in [1.82, 2.24) is 9.47 Å². The highest BCUT2D eigenvalue weighted by atomic mass is 35.5. The Hall–Kier alpha value is -2.46. The Balaban J connectivity index is 1.31. The molecule has 2 atom stereocenters. The van der Waals surface area contributed by atoms with Crippen molar-refractivity contribution in [1.29, 1.82) is 0 Å². The molecule has 6 nitrogen and oxygen atoms in total. The summed E-state index contributed by atoms with van der Waals surface area (Å²) in [4.78, 5) is 15.0. The standard InChI is InChI=1S/C25H23Cl2F3N2O4/c26-19-3-2-17(23(33)31-8-5-14(6-9-31)11-21-24(34)35-21)22(27)18(19)13-32-10-7-15-12-16(1-4-20(15)32)36-25(28,29)30/h1-4,7,10,12,14,21,24,34H,5-6,8-9,11,13H2. The average Bonchev–Trinajstić information content (AvgIpc) is 3.36. The van der Waals surface area contributed by atoms with E-state index in [4.69, 9.17) is 27.9 Å². The van der Waals surface area contributed by atoms with Crippen molar-refractivity contribution in [3.05, 3.63) is 63.8 Å². The number of nitrogens with zero attached hydrogens (tertiary/aromatic N) is 2. The molecule has 5 rings (SSSR count). The predicted octanol–water partition coefficient (Wildman–Crippen LogP) is 5.85. The fourth-order valence-electron chi connectivity index (χ4n) is 4.77. The second kappa shape index (κ2) is 9.78. The first-order chi connectivity index (χ1) is 17.1. The smallest absolute Gasteiger partial charge is 0.406 e. The molecule has 0 aliphatic carbocycles. The van der Waals surface area contributed by atoms with Crippen LogP contribution in [0.5, 0.6) is 5.75 Å². The van der Waals surface area contributed by atoms with E-state index in [0.29, 0.717) is 46.1 Å². The fourth-order valence-corrected chi connectivity index (χ4v) is 5.34. The van der Waals surface area contributed by atoms with Crippen LogP contribution in [0.1, 0.15) is 35.2 Å². The molecular weight excluding hydrogens is 520 g/mol. The van der Waals surface area contributed by atoms with Gasteiger partial charge in [0.1, 0.15) is 11.9 Å². The van der Waals surface area contributed by atoms with E-state index < -0.39 is 12.7 Å². The number of amides is 1. The van der Waals surface area contributed by atoms with Gasteiger partial charge in [-0.25, -0.2) is 0 Å². The monoisotopic (exact) mass is 542 g/mol. The van der Waals surface area contributed by atoms with Gasteiger partial charge in [0.2, 0.25) is 0 Å². The van der Waals surface area contributed by atoms with Gasteiger partial charge < -0.3 is 24.0 Å². The molecule has 0 saturated carbocycles. The summed E-state index contributed by atoms with van der Waals surface area (Å²) in [5.41, 5.74) is 1.57. The van der Waals surface area contributed by atoms with Crippen molar-refractivity contribution < 1.29 is 32.5 Å². The van der Waals surface area contributed by atoms with Crippen LogP contribution in [0.15, 0.2) is 42.6 Å². The molecule has 1 N–H and O–H groups in total. The zero-order valence-electron chi connectivity index (χ0n) is 19.0. The number of aliphatic hydroxyl groups excluding tert-OH is 1. The third kappa shape index (κ3) is 5.44. The Labute approximate surface area is 215 Å². The highest BCUT2D eigenvalue weighted by Crippen LogP contribution is 2.35. The normalized spacial score (nSPS) is 20.7. The van der Waals surface area contributed by atoms with Crippen LogP contribution in [-0.4, -0.2) is 52.3 Å². The summed E-state index contributed by atoms with van der Waals surface area (Å²) >= 11 is 13.1. The van der Waals surface area contributed by atoms with Gasteiger partial charge in [-0.15, -0.1) is 13.2 Å². The number of hydrogen-bond acceptors (Lipinski definition) is 4. The Bertz CT molecular complexity index is 1290. The van der Waals surface area contributed by atoms with E-state index in [1.165, 1.54) is 18.2 Å². The number of rotatable bonds is 6. The number of likely N-dealkylation sites (tertiary alicyclic amines) is 1. The van der Waals surface area contributed by atoms with Gasteiger partial charge in [0.05, 0.1) is 17.1 Å². The molecule has 3 aromatic rings. The molecule has 0 bridgehead atoms. The van der Waals surface area contributed by atoms with E-state index in [9.17, 15) is 23.1 Å². The Morgan fingerprint density at radius 2 is 1.86 bits per heavy atom. The van der Waals surface area contributed by atoms with Crippen molar-refractivity contribution in [3.63, 3.8) is 0 Å². The molecule has 1 amide bonds. The van der Waals surface area contributed by atoms with Crippen molar-refractivity contribution in [3.8, 4) is 5.75 Å². The lowest BCUT2D eigenvalue weighted by molar-refractivity contribution is -0.274. The van der Waals surface area contributed by atoms with Gasteiger partial charge in [-0.05, 0) is 61.6 Å². The van der Waals surface area contributed by atoms with E-state index in [-0.39, 0.29) is 29.3 Å². The van der Waals surface area contributed by atoms with Gasteiger partial charge in [0.25, 0.3) is 5.91 Å². The topological polar surface area (TPSA) is 67.2 Å². The molecule has 2 unspecified atom stereocenters. The maximum atomic E-state index is 13.3. The van der Waals surface area contributed by atoms with Gasteiger partial charge in [-0.1, -0.05) is 23.2 Å². The van der Waals surface area contributed by atoms with Gasteiger partial charge in [0, 0.05) is 40.8 Å². The summed E-state index contributed by atoms with van der Waals surface area (Å²) in [6.45, 7) is 1.41. The van der Waals surface area contributed by atoms with Crippen molar-refractivity contribution >= 4 is 40.0 Å².